The van der Waals surface area contributed by atoms with Crippen molar-refractivity contribution in [3.05, 3.63) is 23.8 Å². The molecule has 1 aromatic rings. The minimum atomic E-state index is -0.0269. The van der Waals surface area contributed by atoms with Gasteiger partial charge in [-0.1, -0.05) is 33.6 Å². The Morgan fingerprint density at radius 1 is 1.27 bits per heavy atom. The molecule has 0 aliphatic carbocycles. The van der Waals surface area contributed by atoms with E-state index in [1.807, 2.05) is 18.3 Å². The van der Waals surface area contributed by atoms with Crippen LogP contribution in [0.2, 0.25) is 0 Å². The maximum absolute atomic E-state index is 12.4. The second-order valence-electron chi connectivity index (χ2n) is 5.77. The SMILES string of the molecule is CCCC(CCC)NC(=O)c1ccc2c(c1)OC(CC)C=N2. The summed E-state index contributed by atoms with van der Waals surface area (Å²) in [5, 5.41) is 3.13. The third-order valence-electron chi connectivity index (χ3n) is 3.89. The fourth-order valence-corrected chi connectivity index (χ4v) is 2.66. The van der Waals surface area contributed by atoms with Gasteiger partial charge in [0, 0.05) is 17.8 Å². The van der Waals surface area contributed by atoms with E-state index in [-0.39, 0.29) is 18.1 Å². The Hall–Kier alpha value is -1.84. The van der Waals surface area contributed by atoms with Crippen molar-refractivity contribution in [1.82, 2.24) is 5.32 Å². The fraction of sp³-hybridized carbons (Fsp3) is 0.556. The van der Waals surface area contributed by atoms with Gasteiger partial charge in [0.2, 0.25) is 0 Å². The van der Waals surface area contributed by atoms with Crippen LogP contribution in [0.5, 0.6) is 5.75 Å². The molecule has 1 aromatic carbocycles. The molecular weight excluding hydrogens is 276 g/mol. The molecule has 0 spiro atoms. The maximum atomic E-state index is 12.4. The van der Waals surface area contributed by atoms with E-state index in [4.69, 9.17) is 4.74 Å². The molecule has 1 amide bonds. The molecule has 2 rings (SSSR count). The van der Waals surface area contributed by atoms with E-state index in [2.05, 4.69) is 31.1 Å². The van der Waals surface area contributed by atoms with Gasteiger partial charge in [-0.2, -0.15) is 0 Å². The second kappa shape index (κ2) is 7.97. The first-order valence-electron chi connectivity index (χ1n) is 8.33. The second-order valence-corrected chi connectivity index (χ2v) is 5.77. The van der Waals surface area contributed by atoms with Crippen LogP contribution in [0.25, 0.3) is 0 Å². The number of aliphatic imine (C=N–C) groups is 1. The lowest BCUT2D eigenvalue weighted by atomic mass is 10.1. The predicted molar refractivity (Wildman–Crippen MR) is 90.4 cm³/mol. The highest BCUT2D eigenvalue weighted by atomic mass is 16.5. The van der Waals surface area contributed by atoms with Crippen LogP contribution in [0, 0.1) is 0 Å². The minimum absolute atomic E-state index is 0.00116. The molecule has 1 aliphatic rings. The third-order valence-corrected chi connectivity index (χ3v) is 3.89. The number of carbonyl (C=O) groups is 1. The molecular formula is C18H26N2O2. The Labute approximate surface area is 133 Å². The van der Waals surface area contributed by atoms with Crippen molar-refractivity contribution in [3.8, 4) is 5.75 Å². The van der Waals surface area contributed by atoms with Gasteiger partial charge in [-0.3, -0.25) is 9.79 Å². The fourth-order valence-electron chi connectivity index (χ4n) is 2.66. The summed E-state index contributed by atoms with van der Waals surface area (Å²) in [6, 6.07) is 5.72. The zero-order valence-corrected chi connectivity index (χ0v) is 13.8. The molecule has 1 aliphatic heterocycles. The Morgan fingerprint density at radius 3 is 2.64 bits per heavy atom. The van der Waals surface area contributed by atoms with E-state index in [0.29, 0.717) is 11.3 Å². The van der Waals surface area contributed by atoms with E-state index in [1.54, 1.807) is 6.07 Å². The molecule has 0 saturated carbocycles. The lowest BCUT2D eigenvalue weighted by Crippen LogP contribution is -2.34. The summed E-state index contributed by atoms with van der Waals surface area (Å²) in [7, 11) is 0. The highest BCUT2D eigenvalue weighted by Crippen LogP contribution is 2.32. The van der Waals surface area contributed by atoms with E-state index in [0.717, 1.165) is 37.8 Å². The van der Waals surface area contributed by atoms with Gasteiger partial charge in [0.05, 0.1) is 0 Å². The van der Waals surface area contributed by atoms with Crippen LogP contribution in [0.15, 0.2) is 23.2 Å². The van der Waals surface area contributed by atoms with Crippen LogP contribution in [0.3, 0.4) is 0 Å². The van der Waals surface area contributed by atoms with Crippen molar-refractivity contribution in [2.24, 2.45) is 4.99 Å². The van der Waals surface area contributed by atoms with Crippen LogP contribution < -0.4 is 10.1 Å². The van der Waals surface area contributed by atoms with Gasteiger partial charge < -0.3 is 10.1 Å². The monoisotopic (exact) mass is 302 g/mol. The lowest BCUT2D eigenvalue weighted by Gasteiger charge is -2.21. The first-order chi connectivity index (χ1) is 10.7. The molecule has 1 heterocycles. The molecule has 22 heavy (non-hydrogen) atoms. The quantitative estimate of drug-likeness (QED) is 0.818. The van der Waals surface area contributed by atoms with Crippen LogP contribution in [0.1, 0.15) is 63.2 Å². The molecule has 1 atom stereocenters. The van der Waals surface area contributed by atoms with Crippen molar-refractivity contribution in [2.45, 2.75) is 65.0 Å². The molecule has 4 heteroatoms. The number of benzene rings is 1. The lowest BCUT2D eigenvalue weighted by molar-refractivity contribution is 0.0932. The van der Waals surface area contributed by atoms with Crippen molar-refractivity contribution >= 4 is 17.8 Å². The van der Waals surface area contributed by atoms with Crippen molar-refractivity contribution in [1.29, 1.82) is 0 Å². The first-order valence-corrected chi connectivity index (χ1v) is 8.33. The summed E-state index contributed by atoms with van der Waals surface area (Å²) in [6.07, 6.45) is 6.87. The zero-order valence-electron chi connectivity index (χ0n) is 13.8. The van der Waals surface area contributed by atoms with Crippen LogP contribution in [-0.4, -0.2) is 24.3 Å². The summed E-state index contributed by atoms with van der Waals surface area (Å²) in [4.78, 5) is 16.8. The molecule has 0 bridgehead atoms. The van der Waals surface area contributed by atoms with Crippen LogP contribution >= 0.6 is 0 Å². The summed E-state index contributed by atoms with van der Waals surface area (Å²) in [5.74, 6) is 0.672. The van der Waals surface area contributed by atoms with E-state index in [1.165, 1.54) is 0 Å². The number of nitrogens with zero attached hydrogens (tertiary/aromatic N) is 1. The topological polar surface area (TPSA) is 50.7 Å². The molecule has 0 aromatic heterocycles. The summed E-state index contributed by atoms with van der Waals surface area (Å²) < 4.78 is 5.84. The average Bonchev–Trinajstić information content (AvgIpc) is 2.54. The molecule has 0 radical (unpaired) electrons. The number of hydrogen-bond donors (Lipinski definition) is 1. The molecule has 120 valence electrons. The van der Waals surface area contributed by atoms with Gasteiger partial charge in [-0.15, -0.1) is 0 Å². The molecule has 0 saturated heterocycles. The van der Waals surface area contributed by atoms with Gasteiger partial charge in [-0.05, 0) is 37.5 Å². The zero-order chi connectivity index (χ0) is 15.9. The average molecular weight is 302 g/mol. The number of carbonyl (C=O) groups excluding carboxylic acids is 1. The highest BCUT2D eigenvalue weighted by molar-refractivity contribution is 5.95. The Kier molecular flexibility index (Phi) is 5.99. The van der Waals surface area contributed by atoms with Crippen molar-refractivity contribution in [3.63, 3.8) is 0 Å². The number of ether oxygens (including phenoxy) is 1. The number of amides is 1. The number of rotatable bonds is 7. The summed E-state index contributed by atoms with van der Waals surface area (Å²) in [6.45, 7) is 6.34. The number of fused-ring (bicyclic) bond motifs is 1. The van der Waals surface area contributed by atoms with Crippen molar-refractivity contribution in [2.75, 3.05) is 0 Å². The number of hydrogen-bond acceptors (Lipinski definition) is 3. The first kappa shape index (κ1) is 16.5. The van der Waals surface area contributed by atoms with Crippen LogP contribution in [-0.2, 0) is 0 Å². The van der Waals surface area contributed by atoms with Crippen LogP contribution in [0.4, 0.5) is 5.69 Å². The van der Waals surface area contributed by atoms with E-state index >= 15 is 0 Å². The minimum Gasteiger partial charge on any atom is -0.482 e. The van der Waals surface area contributed by atoms with Gasteiger partial charge in [0.15, 0.2) is 0 Å². The predicted octanol–water partition coefficient (Wildman–Crippen LogP) is 4.26. The van der Waals surface area contributed by atoms with E-state index in [9.17, 15) is 4.79 Å². The van der Waals surface area contributed by atoms with Crippen molar-refractivity contribution < 1.29 is 9.53 Å². The normalized spacial score (nSPS) is 16.3. The maximum Gasteiger partial charge on any atom is 0.251 e. The Morgan fingerprint density at radius 2 is 2.00 bits per heavy atom. The standard InChI is InChI=1S/C18H26N2O2/c1-4-7-14(8-5-2)20-18(21)13-9-10-16-17(11-13)22-15(6-3)12-19-16/h9-12,14-15H,4-8H2,1-3H3,(H,20,21). The highest BCUT2D eigenvalue weighted by Gasteiger charge is 2.18. The Bertz CT molecular complexity index is 534. The molecule has 4 nitrogen and oxygen atoms in total. The summed E-state index contributed by atoms with van der Waals surface area (Å²) >= 11 is 0. The van der Waals surface area contributed by atoms with Gasteiger partial charge >= 0.3 is 0 Å². The molecule has 1 N–H and O–H groups in total. The van der Waals surface area contributed by atoms with Gasteiger partial charge in [0.1, 0.15) is 17.5 Å². The largest absolute Gasteiger partial charge is 0.482 e. The van der Waals surface area contributed by atoms with Gasteiger partial charge in [-0.25, -0.2) is 0 Å². The third kappa shape index (κ3) is 4.09. The molecule has 0 fully saturated rings. The summed E-state index contributed by atoms with van der Waals surface area (Å²) in [5.41, 5.74) is 1.43. The number of nitrogens with one attached hydrogen (secondary N) is 1. The molecule has 1 unspecified atom stereocenters. The van der Waals surface area contributed by atoms with Gasteiger partial charge in [0.25, 0.3) is 5.91 Å². The Balaban J connectivity index is 2.09. The smallest absolute Gasteiger partial charge is 0.251 e. The van der Waals surface area contributed by atoms with E-state index < -0.39 is 0 Å².